The Hall–Kier alpha value is -3.84. The van der Waals surface area contributed by atoms with Crippen LogP contribution in [0.15, 0.2) is 83.9 Å². The number of rotatable bonds is 5. The monoisotopic (exact) mass is 428 g/mol. The van der Waals surface area contributed by atoms with Crippen molar-refractivity contribution in [1.29, 1.82) is 0 Å². The highest BCUT2D eigenvalue weighted by Crippen LogP contribution is 2.23. The lowest BCUT2D eigenvalue weighted by atomic mass is 10.1. The third-order valence-corrected chi connectivity index (χ3v) is 5.08. The molecule has 0 aliphatic carbocycles. The van der Waals surface area contributed by atoms with Crippen molar-refractivity contribution >= 4 is 58.1 Å². The maximum absolute atomic E-state index is 13.0. The first-order valence-corrected chi connectivity index (χ1v) is 10.1. The quantitative estimate of drug-likeness (QED) is 0.356. The first-order valence-electron chi connectivity index (χ1n) is 9.73. The zero-order chi connectivity index (χ0) is 21.8. The SMILES string of the molecule is Cc1ccc(N2C(=O)[C@@H](C=Nc3ccc(Nc4ccccc4)cc3)C(=O)NC2=S)cc1. The van der Waals surface area contributed by atoms with Gasteiger partial charge in [-0.25, -0.2) is 0 Å². The Kier molecular flexibility index (Phi) is 5.86. The highest BCUT2D eigenvalue weighted by atomic mass is 32.1. The number of nitrogens with zero attached hydrogens (tertiary/aromatic N) is 2. The van der Waals surface area contributed by atoms with Gasteiger partial charge in [-0.1, -0.05) is 35.9 Å². The first kappa shape index (κ1) is 20.4. The van der Waals surface area contributed by atoms with Crippen LogP contribution in [0.25, 0.3) is 0 Å². The number of carbonyl (C=O) groups is 2. The average Bonchev–Trinajstić information content (AvgIpc) is 2.76. The lowest BCUT2D eigenvalue weighted by Gasteiger charge is -2.30. The number of nitrogens with one attached hydrogen (secondary N) is 2. The first-order chi connectivity index (χ1) is 15.0. The number of benzene rings is 3. The Morgan fingerprint density at radius 1 is 0.935 bits per heavy atom. The second-order valence-electron chi connectivity index (χ2n) is 7.10. The second-order valence-corrected chi connectivity index (χ2v) is 7.48. The van der Waals surface area contributed by atoms with E-state index in [-0.39, 0.29) is 5.11 Å². The van der Waals surface area contributed by atoms with Gasteiger partial charge in [0.05, 0.1) is 11.4 Å². The average molecular weight is 429 g/mol. The summed E-state index contributed by atoms with van der Waals surface area (Å²) in [5.74, 6) is -1.97. The van der Waals surface area contributed by atoms with Gasteiger partial charge in [0.25, 0.3) is 5.91 Å². The molecule has 1 aliphatic rings. The largest absolute Gasteiger partial charge is 0.356 e. The van der Waals surface area contributed by atoms with E-state index >= 15 is 0 Å². The fourth-order valence-electron chi connectivity index (χ4n) is 3.14. The van der Waals surface area contributed by atoms with Gasteiger partial charge in [-0.3, -0.25) is 19.5 Å². The predicted octanol–water partition coefficient (Wildman–Crippen LogP) is 4.51. The maximum atomic E-state index is 13.0. The summed E-state index contributed by atoms with van der Waals surface area (Å²) in [6.45, 7) is 1.96. The molecule has 0 aromatic heterocycles. The standard InChI is InChI=1S/C24H20N4O2S/c1-16-7-13-20(14-8-16)28-23(30)21(22(29)27-24(28)31)15-25-17-9-11-19(12-10-17)26-18-5-3-2-4-6-18/h2-15,21,26H,1H3,(H,27,29,31)/t21-/m0/s1. The van der Waals surface area contributed by atoms with Gasteiger partial charge in [0.15, 0.2) is 11.0 Å². The smallest absolute Gasteiger partial charge is 0.251 e. The minimum absolute atomic E-state index is 0.0693. The molecule has 0 bridgehead atoms. The van der Waals surface area contributed by atoms with E-state index in [4.69, 9.17) is 12.2 Å². The Balaban J connectivity index is 1.49. The molecular weight excluding hydrogens is 408 g/mol. The minimum atomic E-state index is -1.06. The molecule has 6 nitrogen and oxygen atoms in total. The Morgan fingerprint density at radius 3 is 2.26 bits per heavy atom. The molecule has 0 unspecified atom stereocenters. The summed E-state index contributed by atoms with van der Waals surface area (Å²) in [5.41, 5.74) is 4.19. The van der Waals surface area contributed by atoms with Crippen molar-refractivity contribution in [2.75, 3.05) is 10.2 Å². The fraction of sp³-hybridized carbons (Fsp3) is 0.0833. The van der Waals surface area contributed by atoms with Crippen LogP contribution in [0.4, 0.5) is 22.7 Å². The molecule has 0 radical (unpaired) electrons. The summed E-state index contributed by atoms with van der Waals surface area (Å²) in [7, 11) is 0. The molecule has 4 rings (SSSR count). The van der Waals surface area contributed by atoms with Crippen molar-refractivity contribution in [3.63, 3.8) is 0 Å². The van der Waals surface area contributed by atoms with E-state index < -0.39 is 17.7 Å². The van der Waals surface area contributed by atoms with Gasteiger partial charge in [0, 0.05) is 17.6 Å². The molecule has 2 N–H and O–H groups in total. The molecule has 1 atom stereocenters. The van der Waals surface area contributed by atoms with Crippen LogP contribution in [-0.4, -0.2) is 23.1 Å². The van der Waals surface area contributed by atoms with Gasteiger partial charge in [0.1, 0.15) is 0 Å². The van der Waals surface area contributed by atoms with Crippen LogP contribution >= 0.6 is 12.2 Å². The van der Waals surface area contributed by atoms with E-state index in [0.29, 0.717) is 11.4 Å². The van der Waals surface area contributed by atoms with E-state index in [1.807, 2.05) is 73.7 Å². The highest BCUT2D eigenvalue weighted by molar-refractivity contribution is 7.80. The number of amides is 2. The summed E-state index contributed by atoms with van der Waals surface area (Å²) in [6, 6.07) is 24.6. The molecule has 31 heavy (non-hydrogen) atoms. The van der Waals surface area contributed by atoms with Gasteiger partial charge < -0.3 is 10.6 Å². The van der Waals surface area contributed by atoms with Crippen molar-refractivity contribution in [3.8, 4) is 0 Å². The zero-order valence-electron chi connectivity index (χ0n) is 16.8. The number of para-hydroxylation sites is 1. The second kappa shape index (κ2) is 8.89. The number of carbonyl (C=O) groups excluding carboxylic acids is 2. The predicted molar refractivity (Wildman–Crippen MR) is 127 cm³/mol. The molecule has 0 saturated carbocycles. The van der Waals surface area contributed by atoms with Gasteiger partial charge in [-0.2, -0.15) is 0 Å². The summed E-state index contributed by atoms with van der Waals surface area (Å²) < 4.78 is 0. The Bertz CT molecular complexity index is 1140. The molecule has 7 heteroatoms. The third kappa shape index (κ3) is 4.67. The van der Waals surface area contributed by atoms with Crippen LogP contribution in [0.1, 0.15) is 5.56 Å². The Labute approximate surface area is 185 Å². The molecule has 1 heterocycles. The fourth-order valence-corrected chi connectivity index (χ4v) is 3.44. The number of aliphatic imine (C=N–C) groups is 1. The molecule has 3 aromatic carbocycles. The normalized spacial score (nSPS) is 16.5. The number of hydrogen-bond donors (Lipinski definition) is 2. The van der Waals surface area contributed by atoms with Gasteiger partial charge in [-0.15, -0.1) is 0 Å². The summed E-state index contributed by atoms with van der Waals surface area (Å²) in [6.07, 6.45) is 1.36. The van der Waals surface area contributed by atoms with E-state index in [1.54, 1.807) is 12.1 Å². The number of thiocarbonyl (C=S) groups is 1. The summed E-state index contributed by atoms with van der Waals surface area (Å²) in [5, 5.41) is 5.95. The van der Waals surface area contributed by atoms with Crippen LogP contribution in [0.2, 0.25) is 0 Å². The molecule has 3 aromatic rings. The topological polar surface area (TPSA) is 73.8 Å². The molecular formula is C24H20N4O2S. The van der Waals surface area contributed by atoms with Crippen LogP contribution < -0.4 is 15.5 Å². The van der Waals surface area contributed by atoms with Crippen molar-refractivity contribution in [2.24, 2.45) is 10.9 Å². The summed E-state index contributed by atoms with van der Waals surface area (Å²) in [4.78, 5) is 31.0. The van der Waals surface area contributed by atoms with E-state index in [1.165, 1.54) is 11.1 Å². The van der Waals surface area contributed by atoms with Crippen molar-refractivity contribution < 1.29 is 9.59 Å². The number of hydrogen-bond acceptors (Lipinski definition) is 5. The van der Waals surface area contributed by atoms with Gasteiger partial charge in [0.2, 0.25) is 5.91 Å². The zero-order valence-corrected chi connectivity index (χ0v) is 17.6. The van der Waals surface area contributed by atoms with Crippen molar-refractivity contribution in [3.05, 3.63) is 84.4 Å². The molecule has 0 spiro atoms. The highest BCUT2D eigenvalue weighted by Gasteiger charge is 2.38. The molecule has 154 valence electrons. The van der Waals surface area contributed by atoms with Crippen molar-refractivity contribution in [1.82, 2.24) is 5.32 Å². The molecule has 2 amide bonds. The molecule has 1 fully saturated rings. The summed E-state index contributed by atoms with van der Waals surface area (Å²) >= 11 is 5.22. The number of aryl methyl sites for hydroxylation is 1. The maximum Gasteiger partial charge on any atom is 0.251 e. The van der Waals surface area contributed by atoms with Gasteiger partial charge in [-0.05, 0) is 67.7 Å². The van der Waals surface area contributed by atoms with Crippen molar-refractivity contribution in [2.45, 2.75) is 6.92 Å². The lowest BCUT2D eigenvalue weighted by Crippen LogP contribution is -2.58. The molecule has 1 saturated heterocycles. The Morgan fingerprint density at radius 2 is 1.58 bits per heavy atom. The van der Waals surface area contributed by atoms with E-state index in [0.717, 1.165) is 16.9 Å². The van der Waals surface area contributed by atoms with Crippen LogP contribution in [-0.2, 0) is 9.59 Å². The minimum Gasteiger partial charge on any atom is -0.356 e. The van der Waals surface area contributed by atoms with Gasteiger partial charge >= 0.3 is 0 Å². The van der Waals surface area contributed by atoms with E-state index in [9.17, 15) is 9.59 Å². The van der Waals surface area contributed by atoms with Crippen LogP contribution in [0.5, 0.6) is 0 Å². The van der Waals surface area contributed by atoms with Crippen LogP contribution in [0, 0.1) is 12.8 Å². The van der Waals surface area contributed by atoms with Crippen LogP contribution in [0.3, 0.4) is 0 Å². The molecule has 1 aliphatic heterocycles. The third-order valence-electron chi connectivity index (χ3n) is 4.80. The van der Waals surface area contributed by atoms with E-state index in [2.05, 4.69) is 15.6 Å². The lowest BCUT2D eigenvalue weighted by molar-refractivity contribution is -0.130. The number of anilines is 3.